The van der Waals surface area contributed by atoms with E-state index in [1.165, 1.54) is 0 Å². The molecule has 1 fully saturated rings. The summed E-state index contributed by atoms with van der Waals surface area (Å²) >= 11 is 0. The summed E-state index contributed by atoms with van der Waals surface area (Å²) in [5.74, 6) is 0.120. The Morgan fingerprint density at radius 3 is 2.71 bits per heavy atom. The van der Waals surface area contributed by atoms with Crippen LogP contribution in [0, 0.1) is 0 Å². The van der Waals surface area contributed by atoms with Gasteiger partial charge in [-0.15, -0.1) is 0 Å². The second-order valence-electron chi connectivity index (χ2n) is 5.94. The maximum absolute atomic E-state index is 12.4. The van der Waals surface area contributed by atoms with Gasteiger partial charge in [-0.05, 0) is 31.4 Å². The van der Waals surface area contributed by atoms with Crippen LogP contribution >= 0.6 is 0 Å². The van der Waals surface area contributed by atoms with E-state index in [2.05, 4.69) is 0 Å². The van der Waals surface area contributed by atoms with E-state index in [0.717, 1.165) is 18.5 Å². The van der Waals surface area contributed by atoms with Crippen LogP contribution in [0.4, 0.5) is 0 Å². The Morgan fingerprint density at radius 1 is 1.17 bits per heavy atom. The molecular formula is C18H26N2O4. The minimum Gasteiger partial charge on any atom is -0.508 e. The molecule has 0 atom stereocenters. The van der Waals surface area contributed by atoms with Crippen molar-refractivity contribution >= 4 is 11.9 Å². The number of hydrogen-bond donors (Lipinski definition) is 1. The first-order chi connectivity index (χ1) is 11.6. The molecule has 2 rings (SSSR count). The van der Waals surface area contributed by atoms with Crippen molar-refractivity contribution in [2.24, 2.45) is 0 Å². The number of para-hydroxylation sites is 1. The van der Waals surface area contributed by atoms with E-state index < -0.39 is 0 Å². The van der Waals surface area contributed by atoms with Crippen LogP contribution in [-0.2, 0) is 20.7 Å². The summed E-state index contributed by atoms with van der Waals surface area (Å²) in [4.78, 5) is 27.9. The van der Waals surface area contributed by atoms with Crippen molar-refractivity contribution in [3.63, 3.8) is 0 Å². The van der Waals surface area contributed by atoms with Crippen molar-refractivity contribution in [2.75, 3.05) is 39.3 Å². The predicted octanol–water partition coefficient (Wildman–Crippen LogP) is 1.42. The van der Waals surface area contributed by atoms with Gasteiger partial charge in [-0.3, -0.25) is 14.5 Å². The van der Waals surface area contributed by atoms with Crippen molar-refractivity contribution in [1.82, 2.24) is 9.80 Å². The Bertz CT molecular complexity index is 562. The number of rotatable bonds is 6. The molecule has 1 N–H and O–H groups in total. The predicted molar refractivity (Wildman–Crippen MR) is 90.7 cm³/mol. The van der Waals surface area contributed by atoms with E-state index in [9.17, 15) is 14.7 Å². The largest absolute Gasteiger partial charge is 0.508 e. The lowest BCUT2D eigenvalue weighted by Crippen LogP contribution is -2.37. The minimum absolute atomic E-state index is 0.0937. The highest BCUT2D eigenvalue weighted by Crippen LogP contribution is 2.18. The Hall–Kier alpha value is -2.08. The number of aryl methyl sites for hydroxylation is 1. The van der Waals surface area contributed by atoms with Crippen LogP contribution in [0.2, 0.25) is 0 Å². The Morgan fingerprint density at radius 2 is 1.96 bits per heavy atom. The van der Waals surface area contributed by atoms with Gasteiger partial charge in [0.05, 0.1) is 13.2 Å². The summed E-state index contributed by atoms with van der Waals surface area (Å²) in [5, 5.41) is 9.77. The second kappa shape index (κ2) is 9.27. The van der Waals surface area contributed by atoms with E-state index in [4.69, 9.17) is 4.74 Å². The molecule has 0 aliphatic carbocycles. The number of ether oxygens (including phenoxy) is 1. The zero-order valence-corrected chi connectivity index (χ0v) is 14.2. The summed E-state index contributed by atoms with van der Waals surface area (Å²) in [6.07, 6.45) is 1.77. The number of hydrogen-bond acceptors (Lipinski definition) is 5. The first-order valence-electron chi connectivity index (χ1n) is 8.52. The average Bonchev–Trinajstić information content (AvgIpc) is 2.80. The average molecular weight is 334 g/mol. The van der Waals surface area contributed by atoms with Gasteiger partial charge in [0.1, 0.15) is 5.75 Å². The molecule has 0 aromatic heterocycles. The van der Waals surface area contributed by atoms with Crippen LogP contribution < -0.4 is 0 Å². The van der Waals surface area contributed by atoms with Gasteiger partial charge in [0.25, 0.3) is 0 Å². The lowest BCUT2D eigenvalue weighted by Gasteiger charge is -2.21. The van der Waals surface area contributed by atoms with Gasteiger partial charge in [0.15, 0.2) is 0 Å². The smallest absolute Gasteiger partial charge is 0.320 e. The van der Waals surface area contributed by atoms with E-state index >= 15 is 0 Å². The summed E-state index contributed by atoms with van der Waals surface area (Å²) < 4.78 is 4.97. The van der Waals surface area contributed by atoms with Crippen LogP contribution in [0.25, 0.3) is 0 Å². The summed E-state index contributed by atoms with van der Waals surface area (Å²) in [7, 11) is 0. The first kappa shape index (κ1) is 18.3. The van der Waals surface area contributed by atoms with Crippen LogP contribution in [0.5, 0.6) is 5.75 Å². The zero-order valence-electron chi connectivity index (χ0n) is 14.2. The number of phenols is 1. The molecule has 0 bridgehead atoms. The van der Waals surface area contributed by atoms with Gasteiger partial charge in [0, 0.05) is 32.6 Å². The number of carbonyl (C=O) groups is 2. The molecule has 0 saturated carbocycles. The lowest BCUT2D eigenvalue weighted by molar-refractivity contribution is -0.144. The number of carbonyl (C=O) groups excluding carboxylic acids is 2. The molecule has 6 heteroatoms. The monoisotopic (exact) mass is 334 g/mol. The van der Waals surface area contributed by atoms with Gasteiger partial charge >= 0.3 is 5.97 Å². The van der Waals surface area contributed by atoms with Crippen molar-refractivity contribution in [3.8, 4) is 5.75 Å². The number of nitrogens with zero attached hydrogens (tertiary/aromatic N) is 2. The van der Waals surface area contributed by atoms with Crippen molar-refractivity contribution in [1.29, 1.82) is 0 Å². The van der Waals surface area contributed by atoms with Gasteiger partial charge in [-0.25, -0.2) is 0 Å². The molecular weight excluding hydrogens is 308 g/mol. The standard InChI is InChI=1S/C18H26N2O4/c1-2-24-18(23)14-19-10-5-11-20(13-12-19)17(22)9-8-15-6-3-4-7-16(15)21/h3-4,6-7,21H,2,5,8-14H2,1H3. The Labute approximate surface area is 143 Å². The molecule has 1 saturated heterocycles. The molecule has 6 nitrogen and oxygen atoms in total. The van der Waals surface area contributed by atoms with E-state index in [1.54, 1.807) is 19.1 Å². The third kappa shape index (κ3) is 5.53. The van der Waals surface area contributed by atoms with Crippen LogP contribution in [0.3, 0.4) is 0 Å². The quantitative estimate of drug-likeness (QED) is 0.797. The fourth-order valence-electron chi connectivity index (χ4n) is 2.89. The molecule has 0 radical (unpaired) electrons. The molecule has 1 aromatic rings. The highest BCUT2D eigenvalue weighted by atomic mass is 16.5. The number of esters is 1. The number of benzene rings is 1. The van der Waals surface area contributed by atoms with E-state index in [1.807, 2.05) is 21.9 Å². The molecule has 0 unspecified atom stereocenters. The molecule has 1 aliphatic rings. The maximum Gasteiger partial charge on any atom is 0.320 e. The third-order valence-electron chi connectivity index (χ3n) is 4.20. The fourth-order valence-corrected chi connectivity index (χ4v) is 2.89. The molecule has 1 aromatic carbocycles. The van der Waals surface area contributed by atoms with Crippen molar-refractivity contribution < 1.29 is 19.4 Å². The highest BCUT2D eigenvalue weighted by Gasteiger charge is 2.20. The summed E-state index contributed by atoms with van der Waals surface area (Å²) in [6, 6.07) is 7.11. The minimum atomic E-state index is -0.211. The fraction of sp³-hybridized carbons (Fsp3) is 0.556. The second-order valence-corrected chi connectivity index (χ2v) is 5.94. The van der Waals surface area contributed by atoms with Gasteiger partial charge in [-0.2, -0.15) is 0 Å². The van der Waals surface area contributed by atoms with E-state index in [0.29, 0.717) is 39.1 Å². The Kier molecular flexibility index (Phi) is 7.06. The molecule has 1 aliphatic heterocycles. The molecule has 0 spiro atoms. The maximum atomic E-state index is 12.4. The summed E-state index contributed by atoms with van der Waals surface area (Å²) in [6.45, 7) is 5.28. The Balaban J connectivity index is 1.79. The number of phenolic OH excluding ortho intramolecular Hbond substituents is 1. The topological polar surface area (TPSA) is 70.1 Å². The molecule has 24 heavy (non-hydrogen) atoms. The zero-order chi connectivity index (χ0) is 17.4. The van der Waals surface area contributed by atoms with Crippen molar-refractivity contribution in [2.45, 2.75) is 26.2 Å². The third-order valence-corrected chi connectivity index (χ3v) is 4.20. The summed E-state index contributed by atoms with van der Waals surface area (Å²) in [5.41, 5.74) is 0.796. The number of amides is 1. The molecule has 1 heterocycles. The van der Waals surface area contributed by atoms with Gasteiger partial charge in [-0.1, -0.05) is 18.2 Å². The highest BCUT2D eigenvalue weighted by molar-refractivity contribution is 5.76. The van der Waals surface area contributed by atoms with Gasteiger partial charge in [0.2, 0.25) is 5.91 Å². The lowest BCUT2D eigenvalue weighted by atomic mass is 10.1. The normalized spacial score (nSPS) is 15.8. The van der Waals surface area contributed by atoms with Crippen LogP contribution in [-0.4, -0.2) is 66.1 Å². The van der Waals surface area contributed by atoms with Crippen LogP contribution in [0.1, 0.15) is 25.3 Å². The van der Waals surface area contributed by atoms with Crippen molar-refractivity contribution in [3.05, 3.63) is 29.8 Å². The van der Waals surface area contributed by atoms with Crippen LogP contribution in [0.15, 0.2) is 24.3 Å². The molecule has 1 amide bonds. The SMILES string of the molecule is CCOC(=O)CN1CCCN(C(=O)CCc2ccccc2O)CC1. The first-order valence-corrected chi connectivity index (χ1v) is 8.52. The number of aromatic hydroxyl groups is 1. The molecule has 132 valence electrons. The van der Waals surface area contributed by atoms with E-state index in [-0.39, 0.29) is 24.2 Å². The van der Waals surface area contributed by atoms with Gasteiger partial charge < -0.3 is 14.7 Å².